The molecule has 2 fully saturated rings. The van der Waals surface area contributed by atoms with Crippen molar-refractivity contribution in [1.29, 1.82) is 0 Å². The molecule has 1 unspecified atom stereocenters. The zero-order valence-electron chi connectivity index (χ0n) is 12.2. The Balaban J connectivity index is 1.62. The van der Waals surface area contributed by atoms with E-state index in [1.54, 1.807) is 16.7 Å². The van der Waals surface area contributed by atoms with Crippen molar-refractivity contribution in [3.8, 4) is 0 Å². The predicted octanol–water partition coefficient (Wildman–Crippen LogP) is 1.17. The molecule has 1 N–H and O–H groups in total. The summed E-state index contributed by atoms with van der Waals surface area (Å²) in [5.41, 5.74) is 1.03. The molecule has 3 rings (SSSR count). The summed E-state index contributed by atoms with van der Waals surface area (Å²) in [6.07, 6.45) is 8.25. The number of sulfonamides is 1. The van der Waals surface area contributed by atoms with Gasteiger partial charge in [0, 0.05) is 31.0 Å². The van der Waals surface area contributed by atoms with E-state index in [0.717, 1.165) is 37.8 Å². The fourth-order valence-electron chi connectivity index (χ4n) is 2.90. The summed E-state index contributed by atoms with van der Waals surface area (Å²) < 4.78 is 27.1. The number of nitrogens with zero attached hydrogens (tertiary/aromatic N) is 2. The third-order valence-corrected chi connectivity index (χ3v) is 6.15. The van der Waals surface area contributed by atoms with Crippen LogP contribution in [0, 0.1) is 0 Å². The topological polar surface area (TPSA) is 62.3 Å². The van der Waals surface area contributed by atoms with Crippen molar-refractivity contribution in [2.24, 2.45) is 0 Å². The van der Waals surface area contributed by atoms with Crippen molar-refractivity contribution in [1.82, 2.24) is 14.6 Å². The Bertz CT molecular complexity index is 552. The third-order valence-electron chi connectivity index (χ3n) is 4.27. The monoisotopic (exact) mass is 309 g/mol. The molecule has 0 aromatic carbocycles. The van der Waals surface area contributed by atoms with Crippen molar-refractivity contribution < 1.29 is 8.42 Å². The van der Waals surface area contributed by atoms with Crippen LogP contribution < -0.4 is 5.32 Å². The van der Waals surface area contributed by atoms with E-state index in [9.17, 15) is 8.42 Å². The summed E-state index contributed by atoms with van der Waals surface area (Å²) in [5.74, 6) is 0.195. The standard InChI is InChI=1S/C15H23N3O2S/c19-21(20,11-7-13-5-9-16-10-6-13)18(15-3-4-15)12-14-2-1-8-17-14/h5-6,9-10,14-15,17H,1-4,7-8,11-12H2. The van der Waals surface area contributed by atoms with Crippen LogP contribution >= 0.6 is 0 Å². The van der Waals surface area contributed by atoms with E-state index < -0.39 is 10.0 Å². The second-order valence-electron chi connectivity index (χ2n) is 6.02. The lowest BCUT2D eigenvalue weighted by Crippen LogP contribution is -2.43. The fourth-order valence-corrected chi connectivity index (χ4v) is 4.70. The van der Waals surface area contributed by atoms with Crippen molar-refractivity contribution in [2.45, 2.75) is 44.2 Å². The van der Waals surface area contributed by atoms with Crippen LogP contribution in [0.3, 0.4) is 0 Å². The van der Waals surface area contributed by atoms with E-state index in [1.807, 2.05) is 12.1 Å². The summed E-state index contributed by atoms with van der Waals surface area (Å²) in [5, 5.41) is 3.40. The summed E-state index contributed by atoms with van der Waals surface area (Å²) in [6.45, 7) is 1.66. The minimum absolute atomic E-state index is 0.195. The molecule has 1 saturated heterocycles. The largest absolute Gasteiger partial charge is 0.313 e. The minimum Gasteiger partial charge on any atom is -0.313 e. The molecule has 2 heterocycles. The molecule has 1 saturated carbocycles. The SMILES string of the molecule is O=S(=O)(CCc1ccncc1)N(CC1CCCN1)C1CC1. The average molecular weight is 309 g/mol. The summed E-state index contributed by atoms with van der Waals surface area (Å²) in [4.78, 5) is 3.96. The van der Waals surface area contributed by atoms with Crippen LogP contribution in [0.2, 0.25) is 0 Å². The van der Waals surface area contributed by atoms with Crippen molar-refractivity contribution in [3.63, 3.8) is 0 Å². The van der Waals surface area contributed by atoms with Crippen molar-refractivity contribution in [3.05, 3.63) is 30.1 Å². The number of rotatable bonds is 7. The lowest BCUT2D eigenvalue weighted by molar-refractivity contribution is 0.363. The molecule has 21 heavy (non-hydrogen) atoms. The first-order valence-electron chi connectivity index (χ1n) is 7.77. The summed E-state index contributed by atoms with van der Waals surface area (Å²) >= 11 is 0. The highest BCUT2D eigenvalue weighted by Crippen LogP contribution is 2.30. The van der Waals surface area contributed by atoms with Gasteiger partial charge in [0.15, 0.2) is 0 Å². The van der Waals surface area contributed by atoms with Gasteiger partial charge in [-0.2, -0.15) is 4.31 Å². The van der Waals surface area contributed by atoms with Gasteiger partial charge in [0.1, 0.15) is 0 Å². The molecule has 0 bridgehead atoms. The maximum absolute atomic E-state index is 12.7. The lowest BCUT2D eigenvalue weighted by atomic mass is 10.2. The van der Waals surface area contributed by atoms with Gasteiger partial charge in [0.05, 0.1) is 5.75 Å². The van der Waals surface area contributed by atoms with Crippen molar-refractivity contribution >= 4 is 10.0 Å². The molecule has 1 atom stereocenters. The second-order valence-corrected chi connectivity index (χ2v) is 8.06. The Morgan fingerprint density at radius 3 is 2.62 bits per heavy atom. The first-order valence-corrected chi connectivity index (χ1v) is 9.38. The third kappa shape index (κ3) is 4.02. The molecule has 116 valence electrons. The minimum atomic E-state index is -3.17. The molecule has 0 spiro atoms. The van der Waals surface area contributed by atoms with Crippen LogP contribution in [0.25, 0.3) is 0 Å². The molecular formula is C15H23N3O2S. The molecule has 1 aliphatic carbocycles. The molecule has 5 nitrogen and oxygen atoms in total. The summed E-state index contributed by atoms with van der Waals surface area (Å²) in [6, 6.07) is 4.35. The van der Waals surface area contributed by atoms with Crippen LogP contribution in [-0.2, 0) is 16.4 Å². The van der Waals surface area contributed by atoms with Crippen LogP contribution in [0.1, 0.15) is 31.2 Å². The fraction of sp³-hybridized carbons (Fsp3) is 0.667. The number of hydrogen-bond acceptors (Lipinski definition) is 4. The number of pyridine rings is 1. The van der Waals surface area contributed by atoms with E-state index in [0.29, 0.717) is 19.0 Å². The molecule has 0 amide bonds. The van der Waals surface area contributed by atoms with Gasteiger partial charge in [0.2, 0.25) is 10.0 Å². The molecule has 1 aromatic rings. The molecule has 6 heteroatoms. The highest BCUT2D eigenvalue weighted by Gasteiger charge is 2.38. The molecule has 1 aromatic heterocycles. The Labute approximate surface area is 126 Å². The van der Waals surface area contributed by atoms with E-state index in [1.165, 1.54) is 0 Å². The highest BCUT2D eigenvalue weighted by atomic mass is 32.2. The zero-order valence-corrected chi connectivity index (χ0v) is 13.1. The molecule has 1 aliphatic heterocycles. The lowest BCUT2D eigenvalue weighted by Gasteiger charge is -2.25. The maximum Gasteiger partial charge on any atom is 0.214 e. The van der Waals surface area contributed by atoms with Gasteiger partial charge < -0.3 is 5.32 Å². The Kier molecular flexibility index (Phi) is 4.57. The van der Waals surface area contributed by atoms with Gasteiger partial charge in [-0.3, -0.25) is 4.98 Å². The predicted molar refractivity (Wildman–Crippen MR) is 82.5 cm³/mol. The number of nitrogens with one attached hydrogen (secondary N) is 1. The van der Waals surface area contributed by atoms with Gasteiger partial charge >= 0.3 is 0 Å². The number of aryl methyl sites for hydroxylation is 1. The van der Waals surface area contributed by atoms with Gasteiger partial charge in [-0.25, -0.2) is 8.42 Å². The second kappa shape index (κ2) is 6.42. The van der Waals surface area contributed by atoms with Gasteiger partial charge in [0.25, 0.3) is 0 Å². The van der Waals surface area contributed by atoms with Gasteiger partial charge in [-0.05, 0) is 56.3 Å². The van der Waals surface area contributed by atoms with E-state index in [2.05, 4.69) is 10.3 Å². The van der Waals surface area contributed by atoms with Crippen LogP contribution in [0.5, 0.6) is 0 Å². The smallest absolute Gasteiger partial charge is 0.214 e. The average Bonchev–Trinajstić information content (AvgIpc) is 3.19. The van der Waals surface area contributed by atoms with E-state index in [-0.39, 0.29) is 11.8 Å². The normalized spacial score (nSPS) is 22.8. The quantitative estimate of drug-likeness (QED) is 0.821. The summed E-state index contributed by atoms with van der Waals surface area (Å²) in [7, 11) is -3.17. The van der Waals surface area contributed by atoms with Crippen LogP contribution in [-0.4, -0.2) is 48.6 Å². The Morgan fingerprint density at radius 1 is 1.24 bits per heavy atom. The molecule has 0 radical (unpaired) electrons. The molecule has 2 aliphatic rings. The van der Waals surface area contributed by atoms with Gasteiger partial charge in [-0.15, -0.1) is 0 Å². The van der Waals surface area contributed by atoms with Crippen molar-refractivity contribution in [2.75, 3.05) is 18.8 Å². The zero-order chi connectivity index (χ0) is 14.7. The van der Waals surface area contributed by atoms with E-state index in [4.69, 9.17) is 0 Å². The van der Waals surface area contributed by atoms with Crippen LogP contribution in [0.4, 0.5) is 0 Å². The maximum atomic E-state index is 12.7. The number of hydrogen-bond donors (Lipinski definition) is 1. The Hall–Kier alpha value is -0.980. The molecular weight excluding hydrogens is 286 g/mol. The van der Waals surface area contributed by atoms with Crippen LogP contribution in [0.15, 0.2) is 24.5 Å². The number of aromatic nitrogens is 1. The van der Waals surface area contributed by atoms with E-state index >= 15 is 0 Å². The first kappa shape index (κ1) is 14.9. The Morgan fingerprint density at radius 2 is 2.00 bits per heavy atom. The highest BCUT2D eigenvalue weighted by molar-refractivity contribution is 7.89. The first-order chi connectivity index (χ1) is 10.1. The van der Waals surface area contributed by atoms with Gasteiger partial charge in [-0.1, -0.05) is 0 Å².